The Bertz CT molecular complexity index is 815. The quantitative estimate of drug-likeness (QED) is 0.681. The molecule has 128 valence electrons. The van der Waals surface area contributed by atoms with Crippen LogP contribution in [0.4, 0.5) is 0 Å². The lowest BCUT2D eigenvalue weighted by atomic mass is 9.59. The van der Waals surface area contributed by atoms with Crippen LogP contribution < -0.4 is 0 Å². The van der Waals surface area contributed by atoms with Gasteiger partial charge >= 0.3 is 0 Å². The van der Waals surface area contributed by atoms with Crippen molar-refractivity contribution >= 4 is 0 Å². The molecule has 0 amide bonds. The molecule has 2 nitrogen and oxygen atoms in total. The topological polar surface area (TPSA) is 24.7 Å². The number of fused-ring (bicyclic) bond motifs is 5. The van der Waals surface area contributed by atoms with Gasteiger partial charge in [0.05, 0.1) is 5.54 Å². The van der Waals surface area contributed by atoms with Gasteiger partial charge in [0.15, 0.2) is 0 Å². The van der Waals surface area contributed by atoms with Crippen molar-refractivity contribution in [2.75, 3.05) is 0 Å². The molecule has 2 aromatic rings. The van der Waals surface area contributed by atoms with Crippen molar-refractivity contribution in [2.24, 2.45) is 27.5 Å². The van der Waals surface area contributed by atoms with E-state index in [1.54, 1.807) is 0 Å². The molecule has 2 bridgehead atoms. The summed E-state index contributed by atoms with van der Waals surface area (Å²) < 4.78 is 0. The number of benzene rings is 2. The third-order valence-electron chi connectivity index (χ3n) is 7.76. The van der Waals surface area contributed by atoms with Crippen LogP contribution in [0.2, 0.25) is 0 Å². The zero-order valence-corrected chi connectivity index (χ0v) is 15.2. The Labute approximate surface area is 150 Å². The standard InChI is InChI=1S/C23H26N2/c1-21(16-17-10-5-3-6-11-17)22(2)19-14-9-15-20(19)23(21,25-24-22)18-12-7-4-8-13-18/h3-8,10-13,19-20H,9,14-16H2,1-2H3/t19-,20+,21?,22-,23+/m1/s1. The maximum absolute atomic E-state index is 5.09. The lowest BCUT2D eigenvalue weighted by molar-refractivity contribution is 0.127. The maximum Gasteiger partial charge on any atom is 0.118 e. The maximum atomic E-state index is 5.09. The molecule has 0 aromatic heterocycles. The molecule has 2 aromatic carbocycles. The number of hydrogen-bond acceptors (Lipinski definition) is 2. The Morgan fingerprint density at radius 1 is 0.840 bits per heavy atom. The fourth-order valence-electron chi connectivity index (χ4n) is 6.49. The molecule has 1 aliphatic heterocycles. The SMILES string of the molecule is CC1(Cc2ccccc2)[C@]2(C)N=N[C@@]1(c1ccccc1)[C@H]1CCC[C@H]12. The van der Waals surface area contributed by atoms with E-state index in [-0.39, 0.29) is 16.5 Å². The van der Waals surface area contributed by atoms with Gasteiger partial charge in [-0.3, -0.25) is 0 Å². The molecule has 1 unspecified atom stereocenters. The molecule has 0 spiro atoms. The summed E-state index contributed by atoms with van der Waals surface area (Å²) >= 11 is 0. The van der Waals surface area contributed by atoms with E-state index in [1.807, 2.05) is 0 Å². The molecular formula is C23H26N2. The Kier molecular flexibility index (Phi) is 3.08. The first kappa shape index (κ1) is 15.3. The molecule has 5 rings (SSSR count). The van der Waals surface area contributed by atoms with Gasteiger partial charge in [-0.05, 0) is 49.1 Å². The van der Waals surface area contributed by atoms with Crippen molar-refractivity contribution in [3.05, 3.63) is 71.8 Å². The van der Waals surface area contributed by atoms with Crippen molar-refractivity contribution in [1.29, 1.82) is 0 Å². The summed E-state index contributed by atoms with van der Waals surface area (Å²) in [5, 5.41) is 10.1. The van der Waals surface area contributed by atoms with Gasteiger partial charge in [-0.1, -0.05) is 74.0 Å². The monoisotopic (exact) mass is 330 g/mol. The summed E-state index contributed by atoms with van der Waals surface area (Å²) in [6.45, 7) is 4.85. The van der Waals surface area contributed by atoms with Gasteiger partial charge in [0.1, 0.15) is 5.54 Å². The number of nitrogens with zero attached hydrogens (tertiary/aromatic N) is 2. The van der Waals surface area contributed by atoms with Crippen molar-refractivity contribution in [3.63, 3.8) is 0 Å². The van der Waals surface area contributed by atoms with Crippen LogP contribution in [-0.4, -0.2) is 5.54 Å². The summed E-state index contributed by atoms with van der Waals surface area (Å²) in [5.41, 5.74) is 2.58. The highest BCUT2D eigenvalue weighted by Gasteiger charge is 2.77. The lowest BCUT2D eigenvalue weighted by Crippen LogP contribution is -2.48. The zero-order valence-electron chi connectivity index (χ0n) is 15.2. The van der Waals surface area contributed by atoms with E-state index in [1.165, 1.54) is 30.4 Å². The minimum Gasteiger partial charge on any atom is -0.186 e. The van der Waals surface area contributed by atoms with Crippen molar-refractivity contribution in [3.8, 4) is 0 Å². The summed E-state index contributed by atoms with van der Waals surface area (Å²) in [7, 11) is 0. The van der Waals surface area contributed by atoms with E-state index in [2.05, 4.69) is 74.5 Å². The second-order valence-electron chi connectivity index (χ2n) is 8.62. The van der Waals surface area contributed by atoms with E-state index >= 15 is 0 Å². The molecule has 25 heavy (non-hydrogen) atoms. The van der Waals surface area contributed by atoms with E-state index < -0.39 is 0 Å². The van der Waals surface area contributed by atoms with Crippen LogP contribution in [0.25, 0.3) is 0 Å². The van der Waals surface area contributed by atoms with Gasteiger partial charge in [-0.15, -0.1) is 0 Å². The van der Waals surface area contributed by atoms with Crippen LogP contribution in [0.15, 0.2) is 70.9 Å². The second kappa shape index (κ2) is 5.03. The minimum absolute atomic E-state index is 0.0263. The highest BCUT2D eigenvalue weighted by Crippen LogP contribution is 2.74. The van der Waals surface area contributed by atoms with Gasteiger partial charge in [0.2, 0.25) is 0 Å². The minimum atomic E-state index is -0.167. The van der Waals surface area contributed by atoms with Crippen LogP contribution >= 0.6 is 0 Å². The Balaban J connectivity index is 1.71. The zero-order chi connectivity index (χ0) is 17.1. The summed E-state index contributed by atoms with van der Waals surface area (Å²) in [6, 6.07) is 22.0. The van der Waals surface area contributed by atoms with Crippen LogP contribution in [0.3, 0.4) is 0 Å². The first-order valence-electron chi connectivity index (χ1n) is 9.65. The van der Waals surface area contributed by atoms with Gasteiger partial charge in [-0.2, -0.15) is 10.2 Å². The Hall–Kier alpha value is -1.96. The van der Waals surface area contributed by atoms with Gasteiger partial charge in [0, 0.05) is 5.41 Å². The molecule has 5 atom stereocenters. The van der Waals surface area contributed by atoms with E-state index in [0.717, 1.165) is 6.42 Å². The Morgan fingerprint density at radius 3 is 2.20 bits per heavy atom. The first-order valence-corrected chi connectivity index (χ1v) is 9.65. The number of rotatable bonds is 3. The fourth-order valence-corrected chi connectivity index (χ4v) is 6.49. The normalized spacial score (nSPS) is 41.2. The number of azo groups is 1. The average molecular weight is 330 g/mol. The number of hydrogen-bond donors (Lipinski definition) is 0. The van der Waals surface area contributed by atoms with Gasteiger partial charge in [-0.25, -0.2) is 0 Å². The molecule has 1 heterocycles. The molecule has 2 saturated carbocycles. The van der Waals surface area contributed by atoms with Crippen molar-refractivity contribution in [1.82, 2.24) is 0 Å². The first-order chi connectivity index (χ1) is 12.1. The van der Waals surface area contributed by atoms with E-state index in [4.69, 9.17) is 10.2 Å². The predicted molar refractivity (Wildman–Crippen MR) is 100 cm³/mol. The van der Waals surface area contributed by atoms with Gasteiger partial charge in [0.25, 0.3) is 0 Å². The molecule has 2 fully saturated rings. The van der Waals surface area contributed by atoms with Crippen molar-refractivity contribution in [2.45, 2.75) is 50.6 Å². The second-order valence-corrected chi connectivity index (χ2v) is 8.62. The van der Waals surface area contributed by atoms with Crippen LogP contribution in [0, 0.1) is 17.3 Å². The highest BCUT2D eigenvalue weighted by molar-refractivity contribution is 5.41. The van der Waals surface area contributed by atoms with Crippen LogP contribution in [-0.2, 0) is 12.0 Å². The highest BCUT2D eigenvalue weighted by atomic mass is 15.3. The third-order valence-corrected chi connectivity index (χ3v) is 7.76. The molecule has 0 radical (unpaired) electrons. The average Bonchev–Trinajstić information content (AvgIpc) is 3.25. The lowest BCUT2D eigenvalue weighted by Gasteiger charge is -2.43. The van der Waals surface area contributed by atoms with E-state index in [9.17, 15) is 0 Å². The summed E-state index contributed by atoms with van der Waals surface area (Å²) in [5.74, 6) is 1.30. The Morgan fingerprint density at radius 2 is 1.48 bits per heavy atom. The third kappa shape index (κ3) is 1.71. The predicted octanol–water partition coefficient (Wildman–Crippen LogP) is 5.79. The van der Waals surface area contributed by atoms with Crippen molar-refractivity contribution < 1.29 is 0 Å². The molecule has 0 saturated heterocycles. The van der Waals surface area contributed by atoms with Gasteiger partial charge < -0.3 is 0 Å². The molecular weight excluding hydrogens is 304 g/mol. The molecule has 0 N–H and O–H groups in total. The largest absolute Gasteiger partial charge is 0.186 e. The fraction of sp³-hybridized carbons (Fsp3) is 0.478. The molecule has 2 aliphatic carbocycles. The van der Waals surface area contributed by atoms with E-state index in [0.29, 0.717) is 11.8 Å². The van der Waals surface area contributed by atoms with Crippen LogP contribution in [0.1, 0.15) is 44.2 Å². The molecule has 2 heteroatoms. The molecule has 3 aliphatic rings. The summed E-state index contributed by atoms with van der Waals surface area (Å²) in [6.07, 6.45) is 4.96. The summed E-state index contributed by atoms with van der Waals surface area (Å²) in [4.78, 5) is 0. The van der Waals surface area contributed by atoms with Crippen LogP contribution in [0.5, 0.6) is 0 Å². The smallest absolute Gasteiger partial charge is 0.118 e.